The number of nitro benzene ring substituents is 1. The molecule has 0 aliphatic carbocycles. The number of hydrogen-bond acceptors (Lipinski definition) is 9. The number of non-ortho nitro benzene ring substituents is 1. The Labute approximate surface area is 226 Å². The third-order valence-corrected chi connectivity index (χ3v) is 6.68. The van der Waals surface area contributed by atoms with E-state index in [4.69, 9.17) is 13.7 Å². The van der Waals surface area contributed by atoms with Gasteiger partial charge in [-0.15, -0.1) is 0 Å². The number of hydrogen-bond donors (Lipinski definition) is 1. The second-order valence-electron chi connectivity index (χ2n) is 7.38. The highest BCUT2D eigenvalue weighted by molar-refractivity contribution is 9.10. The Bertz CT molecular complexity index is 1570. The van der Waals surface area contributed by atoms with Crippen LogP contribution in [0.3, 0.4) is 0 Å². The fraction of sp³-hybridized carbons (Fsp3) is 0.120. The fourth-order valence-electron chi connectivity index (χ4n) is 3.18. The molecular weight excluding hydrogens is 582 g/mol. The molecule has 0 spiro atoms. The second-order valence-corrected chi connectivity index (χ2v) is 9.78. The predicted octanol–water partition coefficient (Wildman–Crippen LogP) is 5.08. The molecule has 0 unspecified atom stereocenters. The van der Waals surface area contributed by atoms with Crippen LogP contribution in [0.15, 0.2) is 75.6 Å². The summed E-state index contributed by atoms with van der Waals surface area (Å²) < 4.78 is 41.9. The molecule has 3 rings (SSSR count). The van der Waals surface area contributed by atoms with Crippen LogP contribution in [0, 0.1) is 21.4 Å². The molecule has 0 atom stereocenters. The molecule has 38 heavy (non-hydrogen) atoms. The Balaban J connectivity index is 1.96. The Morgan fingerprint density at radius 2 is 1.89 bits per heavy atom. The Morgan fingerprint density at radius 1 is 1.16 bits per heavy atom. The highest BCUT2D eigenvalue weighted by Gasteiger charge is 2.24. The third kappa shape index (κ3) is 6.67. The molecule has 1 N–H and O–H groups in total. The highest BCUT2D eigenvalue weighted by Crippen LogP contribution is 2.39. The van der Waals surface area contributed by atoms with E-state index in [-0.39, 0.29) is 28.2 Å². The van der Waals surface area contributed by atoms with Crippen LogP contribution in [0.25, 0.3) is 6.08 Å². The third-order valence-electron chi connectivity index (χ3n) is 4.87. The van der Waals surface area contributed by atoms with E-state index in [1.807, 2.05) is 6.07 Å². The van der Waals surface area contributed by atoms with E-state index in [2.05, 4.69) is 21.2 Å². The van der Waals surface area contributed by atoms with Crippen molar-refractivity contribution in [3.8, 4) is 23.3 Å². The van der Waals surface area contributed by atoms with Gasteiger partial charge in [0.05, 0.1) is 28.8 Å². The molecule has 196 valence electrons. The molecule has 0 heterocycles. The molecule has 3 aromatic carbocycles. The molecule has 3 aromatic rings. The quantitative estimate of drug-likeness (QED) is 0.110. The smallest absolute Gasteiger partial charge is 0.339 e. The zero-order valence-corrected chi connectivity index (χ0v) is 22.4. The molecule has 0 bridgehead atoms. The topological polar surface area (TPSA) is 158 Å². The Hall–Kier alpha value is -4.41. The van der Waals surface area contributed by atoms with Crippen LogP contribution in [-0.4, -0.2) is 33.0 Å². The van der Waals surface area contributed by atoms with Gasteiger partial charge in [-0.05, 0) is 64.8 Å². The van der Waals surface area contributed by atoms with E-state index in [1.54, 1.807) is 31.2 Å². The van der Waals surface area contributed by atoms with Crippen molar-refractivity contribution < 1.29 is 31.8 Å². The van der Waals surface area contributed by atoms with Crippen molar-refractivity contribution >= 4 is 49.4 Å². The summed E-state index contributed by atoms with van der Waals surface area (Å²) in [7, 11) is -3.04. The monoisotopic (exact) mass is 601 g/mol. The zero-order chi connectivity index (χ0) is 27.9. The summed E-state index contributed by atoms with van der Waals surface area (Å²) >= 11 is 3.25. The van der Waals surface area contributed by atoms with Gasteiger partial charge < -0.3 is 19.0 Å². The maximum atomic E-state index is 12.9. The number of nitrogens with zero attached hydrogens (tertiary/aromatic N) is 2. The highest BCUT2D eigenvalue weighted by atomic mass is 79.9. The SMILES string of the molecule is CCOc1cc(C=C(C#N)C(=O)Nc2ccccc2OC)cc(Br)c1OS(=O)(=O)c1cccc([N+](=O)[O-])c1. The number of nitriles is 1. The summed E-state index contributed by atoms with van der Waals surface area (Å²) in [5.74, 6) is -0.511. The second kappa shape index (κ2) is 12.2. The summed E-state index contributed by atoms with van der Waals surface area (Å²) in [5, 5.41) is 23.2. The van der Waals surface area contributed by atoms with E-state index in [0.717, 1.165) is 18.2 Å². The molecular formula is C25H20BrN3O8S. The van der Waals surface area contributed by atoms with E-state index in [9.17, 15) is 28.6 Å². The van der Waals surface area contributed by atoms with Crippen LogP contribution >= 0.6 is 15.9 Å². The van der Waals surface area contributed by atoms with E-state index < -0.39 is 31.5 Å². The van der Waals surface area contributed by atoms with Crippen LogP contribution in [0.2, 0.25) is 0 Å². The minimum atomic E-state index is -4.49. The number of rotatable bonds is 10. The van der Waals surface area contributed by atoms with E-state index in [1.165, 1.54) is 31.4 Å². The standard InChI is InChI=1S/C25H20BrN3O8S/c1-3-36-23-13-16(11-17(15-27)25(30)28-21-9-4-5-10-22(21)35-2)12-20(26)24(23)37-38(33,34)19-8-6-7-18(14-19)29(31)32/h4-14H,3H2,1-2H3,(H,28,30). The minimum absolute atomic E-state index is 0.00967. The van der Waals surface area contributed by atoms with Gasteiger partial charge in [0, 0.05) is 12.1 Å². The van der Waals surface area contributed by atoms with Crippen molar-refractivity contribution in [3.05, 3.63) is 86.4 Å². The number of amides is 1. The first kappa shape index (κ1) is 28.2. The first-order chi connectivity index (χ1) is 18.1. The van der Waals surface area contributed by atoms with Gasteiger partial charge in [-0.25, -0.2) is 0 Å². The predicted molar refractivity (Wildman–Crippen MR) is 141 cm³/mol. The van der Waals surface area contributed by atoms with Gasteiger partial charge in [0.2, 0.25) is 0 Å². The van der Waals surface area contributed by atoms with Gasteiger partial charge in [-0.1, -0.05) is 18.2 Å². The Kier molecular flexibility index (Phi) is 9.06. The number of nitro groups is 1. The molecule has 0 saturated heterocycles. The van der Waals surface area contributed by atoms with Crippen molar-refractivity contribution in [2.75, 3.05) is 19.0 Å². The summed E-state index contributed by atoms with van der Waals surface area (Å²) in [4.78, 5) is 22.6. The fourth-order valence-corrected chi connectivity index (χ4v) is 4.82. The first-order valence-corrected chi connectivity index (χ1v) is 13.0. The lowest BCUT2D eigenvalue weighted by Gasteiger charge is -2.15. The van der Waals surface area contributed by atoms with Crippen molar-refractivity contribution in [1.29, 1.82) is 5.26 Å². The van der Waals surface area contributed by atoms with Crippen molar-refractivity contribution in [3.63, 3.8) is 0 Å². The molecule has 0 fully saturated rings. The zero-order valence-electron chi connectivity index (χ0n) is 20.0. The molecule has 0 aliphatic heterocycles. The van der Waals surface area contributed by atoms with Gasteiger partial charge in [-0.2, -0.15) is 13.7 Å². The first-order valence-electron chi connectivity index (χ1n) is 10.8. The lowest BCUT2D eigenvalue weighted by molar-refractivity contribution is -0.385. The minimum Gasteiger partial charge on any atom is -0.495 e. The molecule has 11 nitrogen and oxygen atoms in total. The molecule has 13 heteroatoms. The van der Waals surface area contributed by atoms with Gasteiger partial charge >= 0.3 is 10.1 Å². The molecule has 1 amide bonds. The van der Waals surface area contributed by atoms with Crippen molar-refractivity contribution in [1.82, 2.24) is 0 Å². The summed E-state index contributed by atoms with van der Waals surface area (Å²) in [6.07, 6.45) is 1.29. The summed E-state index contributed by atoms with van der Waals surface area (Å²) in [6, 6.07) is 15.7. The van der Waals surface area contributed by atoms with Crippen LogP contribution < -0.4 is 19.0 Å². The number of methoxy groups -OCH3 is 1. The van der Waals surface area contributed by atoms with Crippen LogP contribution in [0.1, 0.15) is 12.5 Å². The number of para-hydroxylation sites is 2. The van der Waals surface area contributed by atoms with Gasteiger partial charge in [0.1, 0.15) is 22.3 Å². The van der Waals surface area contributed by atoms with Gasteiger partial charge in [0.25, 0.3) is 11.6 Å². The molecule has 0 aromatic heterocycles. The number of benzene rings is 3. The number of nitrogens with one attached hydrogen (secondary N) is 1. The van der Waals surface area contributed by atoms with E-state index in [0.29, 0.717) is 17.0 Å². The normalized spacial score (nSPS) is 11.3. The largest absolute Gasteiger partial charge is 0.495 e. The number of carbonyl (C=O) groups excluding carboxylic acids is 1. The summed E-state index contributed by atoms with van der Waals surface area (Å²) in [6.45, 7) is 1.79. The maximum Gasteiger partial charge on any atom is 0.339 e. The number of carbonyl (C=O) groups is 1. The lowest BCUT2D eigenvalue weighted by Crippen LogP contribution is -2.14. The summed E-state index contributed by atoms with van der Waals surface area (Å²) in [5.41, 5.74) is 0.0254. The molecule has 0 saturated carbocycles. The average molecular weight is 602 g/mol. The molecule has 0 radical (unpaired) electrons. The lowest BCUT2D eigenvalue weighted by atomic mass is 10.1. The maximum absolute atomic E-state index is 12.9. The van der Waals surface area contributed by atoms with Crippen LogP contribution in [-0.2, 0) is 14.9 Å². The Morgan fingerprint density at radius 3 is 2.55 bits per heavy atom. The number of halogens is 1. The van der Waals surface area contributed by atoms with Gasteiger partial charge in [-0.3, -0.25) is 14.9 Å². The van der Waals surface area contributed by atoms with E-state index >= 15 is 0 Å². The van der Waals surface area contributed by atoms with Crippen LogP contribution in [0.5, 0.6) is 17.2 Å². The number of ether oxygens (including phenoxy) is 2. The molecule has 0 aliphatic rings. The van der Waals surface area contributed by atoms with Crippen LogP contribution in [0.4, 0.5) is 11.4 Å². The average Bonchev–Trinajstić information content (AvgIpc) is 2.89. The van der Waals surface area contributed by atoms with Crippen molar-refractivity contribution in [2.45, 2.75) is 11.8 Å². The van der Waals surface area contributed by atoms with Gasteiger partial charge in [0.15, 0.2) is 11.5 Å². The van der Waals surface area contributed by atoms with Crippen molar-refractivity contribution in [2.24, 2.45) is 0 Å². The number of anilines is 1.